The van der Waals surface area contributed by atoms with Crippen LogP contribution in [0.15, 0.2) is 72.9 Å². The Hall–Kier alpha value is -3.15. The molecule has 0 fully saturated rings. The Morgan fingerprint density at radius 2 is 0.627 bits per heavy atom. The molecule has 6 heteroatoms. The molecule has 0 aromatic heterocycles. The van der Waals surface area contributed by atoms with Crippen molar-refractivity contribution in [3.05, 3.63) is 72.9 Å². The molecule has 6 nitrogen and oxygen atoms in total. The molecule has 0 saturated carbocycles. The topological polar surface area (TPSA) is 78.9 Å². The molecule has 0 N–H and O–H groups in total. The van der Waals surface area contributed by atoms with Gasteiger partial charge in [0.2, 0.25) is 0 Å². The molecule has 0 amide bonds. The summed E-state index contributed by atoms with van der Waals surface area (Å²) in [7, 11) is 0. The monoisotopic (exact) mass is 935 g/mol. The average Bonchev–Trinajstić information content (AvgIpc) is 3.33. The van der Waals surface area contributed by atoms with E-state index in [2.05, 4.69) is 81.5 Å². The molecule has 386 valence electrons. The first-order valence-electron chi connectivity index (χ1n) is 28.4. The summed E-state index contributed by atoms with van der Waals surface area (Å²) in [5.41, 5.74) is 0. The summed E-state index contributed by atoms with van der Waals surface area (Å²) in [6, 6.07) is 0. The minimum absolute atomic E-state index is 0.0974. The van der Waals surface area contributed by atoms with E-state index in [9.17, 15) is 14.4 Å². The van der Waals surface area contributed by atoms with Gasteiger partial charge < -0.3 is 14.2 Å². The van der Waals surface area contributed by atoms with Crippen LogP contribution in [-0.2, 0) is 28.6 Å². The van der Waals surface area contributed by atoms with Crippen molar-refractivity contribution in [2.24, 2.45) is 0 Å². The molecule has 0 aliphatic rings. The van der Waals surface area contributed by atoms with Gasteiger partial charge in [-0.1, -0.05) is 261 Å². The molecule has 0 aromatic rings. The van der Waals surface area contributed by atoms with Crippen molar-refractivity contribution >= 4 is 17.9 Å². The van der Waals surface area contributed by atoms with Gasteiger partial charge in [-0.2, -0.15) is 0 Å². The number of hydrogen-bond donors (Lipinski definition) is 0. The fourth-order valence-corrected chi connectivity index (χ4v) is 7.98. The Morgan fingerprint density at radius 1 is 0.328 bits per heavy atom. The van der Waals surface area contributed by atoms with Crippen molar-refractivity contribution in [1.29, 1.82) is 0 Å². The van der Waals surface area contributed by atoms with Gasteiger partial charge in [0.25, 0.3) is 0 Å². The summed E-state index contributed by atoms with van der Waals surface area (Å²) in [4.78, 5) is 38.0. The van der Waals surface area contributed by atoms with E-state index in [1.54, 1.807) is 6.08 Å². The number of ether oxygens (including phenoxy) is 3. The van der Waals surface area contributed by atoms with Gasteiger partial charge in [-0.3, -0.25) is 14.4 Å². The highest BCUT2D eigenvalue weighted by Gasteiger charge is 2.19. The van der Waals surface area contributed by atoms with Crippen molar-refractivity contribution in [2.75, 3.05) is 13.2 Å². The standard InChI is InChI=1S/C61H106O6/c1-4-7-10-13-16-19-22-25-28-29-30-31-34-36-39-42-45-48-51-54-60(63)66-57-58(67-61(64)55-52-49-46-43-40-37-33-27-24-21-18-15-12-9-6-3)56-65-59(62)53-50-47-44-41-38-35-32-26-23-20-17-14-11-8-5-2/h9,12,18,21,26-27,32-33,40,43,49,52,58H,4-8,10-11,13-17,19-20,22-25,28-31,34-39,41-42,44-48,50-51,53-57H2,1-3H3/b12-9-,21-18-,32-26-,33-27-,43-40-,52-49-. The minimum atomic E-state index is -0.831. The predicted molar refractivity (Wildman–Crippen MR) is 288 cm³/mol. The summed E-state index contributed by atoms with van der Waals surface area (Å²) in [6.07, 6.45) is 70.6. The molecule has 0 aliphatic heterocycles. The molecule has 0 radical (unpaired) electrons. The number of unbranched alkanes of at least 4 members (excludes halogenated alkanes) is 29. The van der Waals surface area contributed by atoms with E-state index in [1.165, 1.54) is 154 Å². The molecule has 0 rings (SSSR count). The Kier molecular flexibility index (Phi) is 52.8. The molecule has 0 spiro atoms. The quantitative estimate of drug-likeness (QED) is 0.0262. The van der Waals surface area contributed by atoms with Crippen molar-refractivity contribution in [3.63, 3.8) is 0 Å². The largest absolute Gasteiger partial charge is 0.462 e. The van der Waals surface area contributed by atoms with Gasteiger partial charge in [0.15, 0.2) is 6.10 Å². The molecular weight excluding hydrogens is 829 g/mol. The molecule has 67 heavy (non-hydrogen) atoms. The summed E-state index contributed by atoms with van der Waals surface area (Å²) in [5, 5.41) is 0. The second-order valence-corrected chi connectivity index (χ2v) is 18.8. The van der Waals surface area contributed by atoms with E-state index in [1.807, 2.05) is 6.08 Å². The first kappa shape index (κ1) is 63.8. The smallest absolute Gasteiger partial charge is 0.310 e. The SMILES string of the molecule is CC/C=C\C/C=C\C/C=C\C/C=C\C/C=C\CC(=O)OC(COC(=O)CCCCCCC/C=C\CCCCCCCC)COC(=O)CCCCCCCCCCCCCCCCCCCCC. The van der Waals surface area contributed by atoms with Gasteiger partial charge in [-0.15, -0.1) is 0 Å². The predicted octanol–water partition coefficient (Wildman–Crippen LogP) is 19.0. The van der Waals surface area contributed by atoms with Crippen LogP contribution in [0.2, 0.25) is 0 Å². The molecule has 0 bridgehead atoms. The van der Waals surface area contributed by atoms with Crippen LogP contribution in [0, 0.1) is 0 Å². The Morgan fingerprint density at radius 3 is 0.970 bits per heavy atom. The number of carbonyl (C=O) groups excluding carboxylic acids is 3. The number of allylic oxidation sites excluding steroid dienone is 11. The van der Waals surface area contributed by atoms with Crippen LogP contribution in [0.1, 0.15) is 278 Å². The third kappa shape index (κ3) is 53.7. The fraction of sp³-hybridized carbons (Fsp3) is 0.754. The van der Waals surface area contributed by atoms with Crippen LogP contribution < -0.4 is 0 Å². The first-order chi connectivity index (χ1) is 33.0. The molecule has 0 aliphatic carbocycles. The van der Waals surface area contributed by atoms with Gasteiger partial charge in [0, 0.05) is 12.8 Å². The van der Waals surface area contributed by atoms with E-state index < -0.39 is 12.1 Å². The van der Waals surface area contributed by atoms with Gasteiger partial charge in [0.05, 0.1) is 6.42 Å². The van der Waals surface area contributed by atoms with Crippen LogP contribution in [0.25, 0.3) is 0 Å². The molecule has 0 aromatic carbocycles. The number of rotatable bonds is 51. The maximum atomic E-state index is 12.8. The lowest BCUT2D eigenvalue weighted by molar-refractivity contribution is -0.166. The first-order valence-corrected chi connectivity index (χ1v) is 28.4. The lowest BCUT2D eigenvalue weighted by Crippen LogP contribution is -2.30. The Labute approximate surface area is 414 Å². The van der Waals surface area contributed by atoms with Crippen molar-refractivity contribution < 1.29 is 28.6 Å². The highest BCUT2D eigenvalue weighted by molar-refractivity contribution is 5.72. The Bertz CT molecular complexity index is 1260. The normalized spacial score (nSPS) is 12.6. The molecular formula is C61H106O6. The van der Waals surface area contributed by atoms with Crippen molar-refractivity contribution in [2.45, 2.75) is 284 Å². The lowest BCUT2D eigenvalue weighted by Gasteiger charge is -2.18. The van der Waals surface area contributed by atoms with E-state index in [-0.39, 0.29) is 31.6 Å². The molecule has 1 atom stereocenters. The van der Waals surface area contributed by atoms with Crippen LogP contribution in [-0.4, -0.2) is 37.2 Å². The molecule has 0 heterocycles. The maximum absolute atomic E-state index is 12.8. The second-order valence-electron chi connectivity index (χ2n) is 18.8. The van der Waals surface area contributed by atoms with Gasteiger partial charge >= 0.3 is 17.9 Å². The summed E-state index contributed by atoms with van der Waals surface area (Å²) in [6.45, 7) is 6.45. The fourth-order valence-electron chi connectivity index (χ4n) is 7.98. The maximum Gasteiger partial charge on any atom is 0.310 e. The number of carbonyl (C=O) groups is 3. The van der Waals surface area contributed by atoms with E-state index in [0.29, 0.717) is 12.8 Å². The highest BCUT2D eigenvalue weighted by atomic mass is 16.6. The van der Waals surface area contributed by atoms with Crippen molar-refractivity contribution in [3.8, 4) is 0 Å². The molecule has 0 saturated heterocycles. The van der Waals surface area contributed by atoms with E-state index in [4.69, 9.17) is 14.2 Å². The summed E-state index contributed by atoms with van der Waals surface area (Å²) in [5.74, 6) is -1.04. The Balaban J connectivity index is 4.44. The molecule has 1 unspecified atom stereocenters. The number of esters is 3. The summed E-state index contributed by atoms with van der Waals surface area (Å²) >= 11 is 0. The van der Waals surface area contributed by atoms with Crippen LogP contribution >= 0.6 is 0 Å². The van der Waals surface area contributed by atoms with Crippen LogP contribution in [0.5, 0.6) is 0 Å². The van der Waals surface area contributed by atoms with E-state index >= 15 is 0 Å². The zero-order valence-corrected chi connectivity index (χ0v) is 44.2. The third-order valence-electron chi connectivity index (χ3n) is 12.2. The van der Waals surface area contributed by atoms with Gasteiger partial charge in [-0.05, 0) is 70.6 Å². The van der Waals surface area contributed by atoms with Crippen LogP contribution in [0.4, 0.5) is 0 Å². The zero-order valence-electron chi connectivity index (χ0n) is 44.2. The number of hydrogen-bond acceptors (Lipinski definition) is 6. The summed E-state index contributed by atoms with van der Waals surface area (Å²) < 4.78 is 16.7. The van der Waals surface area contributed by atoms with Gasteiger partial charge in [0.1, 0.15) is 13.2 Å². The van der Waals surface area contributed by atoms with Crippen LogP contribution in [0.3, 0.4) is 0 Å². The van der Waals surface area contributed by atoms with E-state index in [0.717, 1.165) is 83.5 Å². The van der Waals surface area contributed by atoms with Gasteiger partial charge in [-0.25, -0.2) is 0 Å². The average molecular weight is 936 g/mol. The third-order valence-corrected chi connectivity index (χ3v) is 12.2. The lowest BCUT2D eigenvalue weighted by atomic mass is 10.0. The van der Waals surface area contributed by atoms with Crippen molar-refractivity contribution in [1.82, 2.24) is 0 Å². The minimum Gasteiger partial charge on any atom is -0.462 e. The highest BCUT2D eigenvalue weighted by Crippen LogP contribution is 2.16. The zero-order chi connectivity index (χ0) is 48.6. The second kappa shape index (κ2) is 55.4.